The predicted octanol–water partition coefficient (Wildman–Crippen LogP) is 3.42. The molecule has 1 aliphatic rings. The number of urea groups is 1. The van der Waals surface area contributed by atoms with E-state index in [0.717, 1.165) is 6.42 Å². The Morgan fingerprint density at radius 3 is 3.00 bits per heavy atom. The second kappa shape index (κ2) is 6.66. The summed E-state index contributed by atoms with van der Waals surface area (Å²) >= 11 is 5.91. The number of carbonyl (C=O) groups excluding carboxylic acids is 1. The molecule has 3 rings (SSSR count). The van der Waals surface area contributed by atoms with Crippen LogP contribution >= 0.6 is 11.6 Å². The molecule has 0 radical (unpaired) electrons. The fraction of sp³-hybridized carbons (Fsp3) is 0.250. The van der Waals surface area contributed by atoms with Crippen LogP contribution in [0.3, 0.4) is 0 Å². The minimum Gasteiger partial charge on any atom is -0.472 e. The minimum absolute atomic E-state index is 0.0278. The fourth-order valence-corrected chi connectivity index (χ4v) is 2.56. The van der Waals surface area contributed by atoms with Gasteiger partial charge in [-0.2, -0.15) is 0 Å². The van der Waals surface area contributed by atoms with Crippen LogP contribution in [-0.2, 0) is 0 Å². The molecule has 22 heavy (non-hydrogen) atoms. The molecule has 1 aliphatic heterocycles. The molecule has 0 saturated carbocycles. The molecular weight excluding hydrogens is 302 g/mol. The largest absolute Gasteiger partial charge is 0.472 e. The molecule has 2 aromatic rings. The molecular formula is C16H16ClN3O2. The fourth-order valence-electron chi connectivity index (χ4n) is 2.37. The van der Waals surface area contributed by atoms with Gasteiger partial charge in [0, 0.05) is 35.9 Å². The molecule has 2 amide bonds. The number of nitrogens with zero attached hydrogens (tertiary/aromatic N) is 2. The predicted molar refractivity (Wildman–Crippen MR) is 85.3 cm³/mol. The Morgan fingerprint density at radius 1 is 1.32 bits per heavy atom. The topological polar surface area (TPSA) is 54.5 Å². The van der Waals surface area contributed by atoms with Crippen molar-refractivity contribution in [1.29, 1.82) is 0 Å². The van der Waals surface area contributed by atoms with Gasteiger partial charge in [0.05, 0.1) is 6.54 Å². The third-order valence-electron chi connectivity index (χ3n) is 3.43. The zero-order chi connectivity index (χ0) is 15.4. The molecule has 1 aromatic heterocycles. The first-order valence-electron chi connectivity index (χ1n) is 7.10. The van der Waals surface area contributed by atoms with Gasteiger partial charge in [-0.15, -0.1) is 0 Å². The number of carbonyl (C=O) groups is 1. The summed E-state index contributed by atoms with van der Waals surface area (Å²) in [7, 11) is 0. The van der Waals surface area contributed by atoms with E-state index in [2.05, 4.69) is 10.3 Å². The first kappa shape index (κ1) is 14.7. The molecule has 0 bridgehead atoms. The highest BCUT2D eigenvalue weighted by Gasteiger charge is 2.27. The highest BCUT2D eigenvalue weighted by molar-refractivity contribution is 6.30. The average Bonchev–Trinajstić information content (AvgIpc) is 2.97. The number of pyridine rings is 1. The Labute approximate surface area is 133 Å². The van der Waals surface area contributed by atoms with Gasteiger partial charge in [0.15, 0.2) is 0 Å². The number of halogens is 1. The third kappa shape index (κ3) is 3.68. The maximum Gasteiger partial charge on any atom is 0.321 e. The molecule has 2 heterocycles. The van der Waals surface area contributed by atoms with Gasteiger partial charge in [0.25, 0.3) is 0 Å². The summed E-state index contributed by atoms with van der Waals surface area (Å²) in [6.45, 7) is 1.20. The van der Waals surface area contributed by atoms with Crippen molar-refractivity contribution in [1.82, 2.24) is 9.88 Å². The standard InChI is InChI=1S/C16H16ClN3O2/c17-12-4-3-5-13(10-12)19-16(21)20-9-7-14(11-20)22-15-6-1-2-8-18-15/h1-6,8,10,14H,7,9,11H2,(H,19,21). The summed E-state index contributed by atoms with van der Waals surface area (Å²) in [5.74, 6) is 0.588. The number of benzene rings is 1. The van der Waals surface area contributed by atoms with Crippen molar-refractivity contribution in [3.05, 3.63) is 53.7 Å². The zero-order valence-corrected chi connectivity index (χ0v) is 12.7. The van der Waals surface area contributed by atoms with Crippen LogP contribution in [0.25, 0.3) is 0 Å². The maximum atomic E-state index is 12.2. The Bertz CT molecular complexity index is 651. The van der Waals surface area contributed by atoms with Gasteiger partial charge in [-0.05, 0) is 24.3 Å². The monoisotopic (exact) mass is 317 g/mol. The van der Waals surface area contributed by atoms with E-state index in [4.69, 9.17) is 16.3 Å². The third-order valence-corrected chi connectivity index (χ3v) is 3.67. The number of anilines is 1. The number of likely N-dealkylation sites (tertiary alicyclic amines) is 1. The highest BCUT2D eigenvalue weighted by atomic mass is 35.5. The van der Waals surface area contributed by atoms with Crippen LogP contribution in [0.4, 0.5) is 10.5 Å². The van der Waals surface area contributed by atoms with Gasteiger partial charge in [0.2, 0.25) is 5.88 Å². The molecule has 5 nitrogen and oxygen atoms in total. The van der Waals surface area contributed by atoms with E-state index in [9.17, 15) is 4.79 Å². The Hall–Kier alpha value is -2.27. The summed E-state index contributed by atoms with van der Waals surface area (Å²) in [6, 6.07) is 12.5. The summed E-state index contributed by atoms with van der Waals surface area (Å²) in [4.78, 5) is 18.1. The number of amides is 2. The summed E-state index contributed by atoms with van der Waals surface area (Å²) in [6.07, 6.45) is 2.45. The van der Waals surface area contributed by atoms with Crippen molar-refractivity contribution in [3.8, 4) is 5.88 Å². The van der Waals surface area contributed by atoms with Crippen LogP contribution in [0.1, 0.15) is 6.42 Å². The Morgan fingerprint density at radius 2 is 2.23 bits per heavy atom. The van der Waals surface area contributed by atoms with Crippen LogP contribution in [-0.4, -0.2) is 35.1 Å². The van der Waals surface area contributed by atoms with Crippen molar-refractivity contribution in [2.24, 2.45) is 0 Å². The number of ether oxygens (including phenoxy) is 1. The molecule has 114 valence electrons. The van der Waals surface area contributed by atoms with E-state index in [1.54, 1.807) is 29.3 Å². The van der Waals surface area contributed by atoms with E-state index in [1.165, 1.54) is 0 Å². The summed E-state index contributed by atoms with van der Waals surface area (Å²) in [5.41, 5.74) is 0.687. The van der Waals surface area contributed by atoms with Crippen LogP contribution in [0, 0.1) is 0 Å². The molecule has 0 aliphatic carbocycles. The van der Waals surface area contributed by atoms with Gasteiger partial charge >= 0.3 is 6.03 Å². The summed E-state index contributed by atoms with van der Waals surface area (Å²) in [5, 5.41) is 3.43. The molecule has 1 unspecified atom stereocenters. The average molecular weight is 318 g/mol. The second-order valence-corrected chi connectivity index (χ2v) is 5.52. The van der Waals surface area contributed by atoms with Gasteiger partial charge < -0.3 is 15.0 Å². The van der Waals surface area contributed by atoms with Gasteiger partial charge in [0.1, 0.15) is 6.10 Å². The molecule has 0 spiro atoms. The molecule has 1 fully saturated rings. The van der Waals surface area contributed by atoms with Crippen LogP contribution in [0.15, 0.2) is 48.7 Å². The SMILES string of the molecule is O=C(Nc1cccc(Cl)c1)N1CCC(Oc2ccccn2)C1. The van der Waals surface area contributed by atoms with E-state index in [1.807, 2.05) is 24.3 Å². The van der Waals surface area contributed by atoms with E-state index in [-0.39, 0.29) is 12.1 Å². The van der Waals surface area contributed by atoms with Crippen molar-refractivity contribution in [2.45, 2.75) is 12.5 Å². The Kier molecular flexibility index (Phi) is 4.44. The summed E-state index contributed by atoms with van der Waals surface area (Å²) < 4.78 is 5.77. The number of hydrogen-bond donors (Lipinski definition) is 1. The van der Waals surface area contributed by atoms with Crippen molar-refractivity contribution >= 4 is 23.3 Å². The van der Waals surface area contributed by atoms with Gasteiger partial charge in [-0.3, -0.25) is 0 Å². The first-order valence-corrected chi connectivity index (χ1v) is 7.48. The molecule has 1 aromatic carbocycles. The highest BCUT2D eigenvalue weighted by Crippen LogP contribution is 2.19. The number of rotatable bonds is 3. The zero-order valence-electron chi connectivity index (χ0n) is 11.9. The molecule has 1 saturated heterocycles. The first-order chi connectivity index (χ1) is 10.7. The lowest BCUT2D eigenvalue weighted by Crippen LogP contribution is -2.34. The van der Waals surface area contributed by atoms with Crippen LogP contribution in [0.2, 0.25) is 5.02 Å². The number of aromatic nitrogens is 1. The van der Waals surface area contributed by atoms with Gasteiger partial charge in [-0.25, -0.2) is 9.78 Å². The molecule has 6 heteroatoms. The van der Waals surface area contributed by atoms with Crippen molar-refractivity contribution in [2.75, 3.05) is 18.4 Å². The molecule has 1 atom stereocenters. The maximum absolute atomic E-state index is 12.2. The normalized spacial score (nSPS) is 17.3. The second-order valence-electron chi connectivity index (χ2n) is 5.08. The minimum atomic E-state index is -0.144. The van der Waals surface area contributed by atoms with Crippen LogP contribution < -0.4 is 10.1 Å². The number of nitrogens with one attached hydrogen (secondary N) is 1. The lowest BCUT2D eigenvalue weighted by atomic mass is 10.3. The van der Waals surface area contributed by atoms with Crippen molar-refractivity contribution < 1.29 is 9.53 Å². The van der Waals surface area contributed by atoms with Crippen LogP contribution in [0.5, 0.6) is 5.88 Å². The van der Waals surface area contributed by atoms with Gasteiger partial charge in [-0.1, -0.05) is 23.7 Å². The Balaban J connectivity index is 1.55. The molecule has 1 N–H and O–H groups in total. The quantitative estimate of drug-likeness (QED) is 0.943. The lowest BCUT2D eigenvalue weighted by molar-refractivity contribution is 0.190. The lowest BCUT2D eigenvalue weighted by Gasteiger charge is -2.17. The van der Waals surface area contributed by atoms with E-state index >= 15 is 0 Å². The smallest absolute Gasteiger partial charge is 0.321 e. The van der Waals surface area contributed by atoms with E-state index in [0.29, 0.717) is 29.7 Å². The van der Waals surface area contributed by atoms with E-state index < -0.39 is 0 Å². The number of hydrogen-bond acceptors (Lipinski definition) is 3. The van der Waals surface area contributed by atoms with Crippen molar-refractivity contribution in [3.63, 3.8) is 0 Å².